The number of rotatable bonds is 6. The molecule has 0 bridgehead atoms. The summed E-state index contributed by atoms with van der Waals surface area (Å²) in [4.78, 5) is 15.7. The summed E-state index contributed by atoms with van der Waals surface area (Å²) < 4.78 is 5.59. The molecule has 2 aliphatic rings. The van der Waals surface area contributed by atoms with Gasteiger partial charge in [-0.2, -0.15) is 15.0 Å². The molecule has 3 rings (SSSR count). The van der Waals surface area contributed by atoms with Gasteiger partial charge >= 0.3 is 0 Å². The summed E-state index contributed by atoms with van der Waals surface area (Å²) in [7, 11) is 0. The third-order valence-electron chi connectivity index (χ3n) is 4.34. The summed E-state index contributed by atoms with van der Waals surface area (Å²) in [6.07, 6.45) is 2.23. The molecule has 0 saturated carbocycles. The maximum Gasteiger partial charge on any atom is 0.231 e. The highest BCUT2D eigenvalue weighted by Gasteiger charge is 2.42. The number of aliphatic hydroxyl groups is 1. The lowest BCUT2D eigenvalue weighted by Gasteiger charge is -2.22. The zero-order valence-corrected chi connectivity index (χ0v) is 13.9. The molecule has 0 radical (unpaired) electrons. The van der Waals surface area contributed by atoms with Gasteiger partial charge in [-0.3, -0.25) is 0 Å². The Morgan fingerprint density at radius 1 is 1.26 bits per heavy atom. The first-order valence-electron chi connectivity index (χ1n) is 8.30. The van der Waals surface area contributed by atoms with Crippen molar-refractivity contribution in [2.45, 2.75) is 32.7 Å². The fourth-order valence-electron chi connectivity index (χ4n) is 3.15. The fraction of sp³-hybridized carbons (Fsp3) is 0.800. The molecule has 8 nitrogen and oxygen atoms in total. The maximum atomic E-state index is 8.99. The molecule has 1 unspecified atom stereocenters. The number of hydrogen-bond acceptors (Lipinski definition) is 8. The molecule has 23 heavy (non-hydrogen) atoms. The average molecular weight is 322 g/mol. The Morgan fingerprint density at radius 3 is 2.78 bits per heavy atom. The molecule has 2 saturated heterocycles. The monoisotopic (exact) mass is 322 g/mol. The molecule has 0 amide bonds. The summed E-state index contributed by atoms with van der Waals surface area (Å²) in [5, 5.41) is 15.2. The van der Waals surface area contributed by atoms with E-state index in [2.05, 4.69) is 30.5 Å². The van der Waals surface area contributed by atoms with Gasteiger partial charge in [0, 0.05) is 37.7 Å². The third kappa shape index (κ3) is 3.81. The third-order valence-corrected chi connectivity index (χ3v) is 4.34. The predicted octanol–water partition coefficient (Wildman–Crippen LogP) is 0.713. The van der Waals surface area contributed by atoms with Crippen LogP contribution in [0.3, 0.4) is 0 Å². The molecule has 0 aromatic carbocycles. The average Bonchev–Trinajstić information content (AvgIpc) is 3.15. The summed E-state index contributed by atoms with van der Waals surface area (Å²) in [5.74, 6) is 1.75. The largest absolute Gasteiger partial charge is 0.395 e. The first kappa shape index (κ1) is 16.2. The molecule has 2 aliphatic heterocycles. The van der Waals surface area contributed by atoms with E-state index in [-0.39, 0.29) is 18.1 Å². The van der Waals surface area contributed by atoms with Crippen LogP contribution in [0.5, 0.6) is 0 Å². The van der Waals surface area contributed by atoms with Crippen LogP contribution in [0.4, 0.5) is 17.8 Å². The molecule has 3 N–H and O–H groups in total. The quantitative estimate of drug-likeness (QED) is 0.705. The van der Waals surface area contributed by atoms with Crippen molar-refractivity contribution in [1.82, 2.24) is 15.0 Å². The van der Waals surface area contributed by atoms with Crippen LogP contribution in [0.15, 0.2) is 0 Å². The molecule has 1 aromatic rings. The van der Waals surface area contributed by atoms with E-state index in [9.17, 15) is 0 Å². The number of hydrogen-bond donors (Lipinski definition) is 3. The van der Waals surface area contributed by atoms with E-state index >= 15 is 0 Å². The van der Waals surface area contributed by atoms with Crippen LogP contribution in [0.2, 0.25) is 0 Å². The second-order valence-corrected chi connectivity index (χ2v) is 6.71. The molecular formula is C15H26N6O2. The van der Waals surface area contributed by atoms with Gasteiger partial charge < -0.3 is 25.4 Å². The highest BCUT2D eigenvalue weighted by atomic mass is 16.5. The molecule has 1 spiro atoms. The van der Waals surface area contributed by atoms with Crippen molar-refractivity contribution in [3.8, 4) is 0 Å². The van der Waals surface area contributed by atoms with Gasteiger partial charge in [0.05, 0.1) is 13.2 Å². The molecule has 1 atom stereocenters. The van der Waals surface area contributed by atoms with E-state index in [1.54, 1.807) is 0 Å². The van der Waals surface area contributed by atoms with E-state index in [1.807, 2.05) is 13.8 Å². The summed E-state index contributed by atoms with van der Waals surface area (Å²) >= 11 is 0. The van der Waals surface area contributed by atoms with Crippen molar-refractivity contribution >= 4 is 17.8 Å². The van der Waals surface area contributed by atoms with Gasteiger partial charge in [0.15, 0.2) is 0 Å². The molecule has 8 heteroatoms. The molecule has 1 aromatic heterocycles. The van der Waals surface area contributed by atoms with E-state index < -0.39 is 0 Å². The summed E-state index contributed by atoms with van der Waals surface area (Å²) in [5.41, 5.74) is 0.261. The first-order chi connectivity index (χ1) is 11.1. The van der Waals surface area contributed by atoms with Crippen LogP contribution in [0.25, 0.3) is 0 Å². The van der Waals surface area contributed by atoms with Gasteiger partial charge in [0.2, 0.25) is 17.8 Å². The highest BCUT2D eigenvalue weighted by molar-refractivity contribution is 5.45. The second kappa shape index (κ2) is 6.84. The number of ether oxygens (including phenoxy) is 1. The minimum atomic E-state index is 0.0398. The highest BCUT2D eigenvalue weighted by Crippen LogP contribution is 2.39. The van der Waals surface area contributed by atoms with Gasteiger partial charge in [0.1, 0.15) is 0 Å². The van der Waals surface area contributed by atoms with Crippen LogP contribution < -0.4 is 15.5 Å². The smallest absolute Gasteiger partial charge is 0.231 e. The van der Waals surface area contributed by atoms with Crippen molar-refractivity contribution in [2.75, 3.05) is 55.0 Å². The lowest BCUT2D eigenvalue weighted by Crippen LogP contribution is -2.29. The van der Waals surface area contributed by atoms with Gasteiger partial charge in [-0.15, -0.1) is 0 Å². The van der Waals surface area contributed by atoms with Crippen LogP contribution in [-0.2, 0) is 4.74 Å². The van der Waals surface area contributed by atoms with E-state index in [0.717, 1.165) is 39.1 Å². The number of nitrogens with one attached hydrogen (secondary N) is 2. The summed E-state index contributed by atoms with van der Waals surface area (Å²) in [6.45, 7) is 8.11. The Labute approximate surface area is 136 Å². The summed E-state index contributed by atoms with van der Waals surface area (Å²) in [6, 6.07) is 0.240. The Kier molecular flexibility index (Phi) is 4.82. The van der Waals surface area contributed by atoms with Crippen LogP contribution in [-0.4, -0.2) is 65.6 Å². The van der Waals surface area contributed by atoms with Crippen LogP contribution in [0.1, 0.15) is 26.7 Å². The Hall–Kier alpha value is -1.67. The van der Waals surface area contributed by atoms with Crippen molar-refractivity contribution in [3.05, 3.63) is 0 Å². The number of anilines is 3. The number of aliphatic hydroxyl groups excluding tert-OH is 1. The van der Waals surface area contributed by atoms with E-state index in [1.165, 1.54) is 0 Å². The zero-order valence-electron chi connectivity index (χ0n) is 13.9. The molecule has 2 fully saturated rings. The van der Waals surface area contributed by atoms with E-state index in [0.29, 0.717) is 24.4 Å². The Balaban J connectivity index is 1.79. The zero-order chi connectivity index (χ0) is 16.3. The lowest BCUT2D eigenvalue weighted by atomic mass is 9.87. The Morgan fingerprint density at radius 2 is 2.09 bits per heavy atom. The predicted molar refractivity (Wildman–Crippen MR) is 88.9 cm³/mol. The van der Waals surface area contributed by atoms with Gasteiger partial charge in [-0.1, -0.05) is 0 Å². The van der Waals surface area contributed by atoms with Crippen LogP contribution in [0, 0.1) is 5.41 Å². The minimum Gasteiger partial charge on any atom is -0.395 e. The molecule has 0 aliphatic carbocycles. The fourth-order valence-corrected chi connectivity index (χ4v) is 3.15. The molecule has 3 heterocycles. The second-order valence-electron chi connectivity index (χ2n) is 6.71. The molecular weight excluding hydrogens is 296 g/mol. The van der Waals surface area contributed by atoms with Gasteiger partial charge in [-0.25, -0.2) is 0 Å². The van der Waals surface area contributed by atoms with Crippen molar-refractivity contribution in [1.29, 1.82) is 0 Å². The Bertz CT molecular complexity index is 533. The van der Waals surface area contributed by atoms with Crippen LogP contribution >= 0.6 is 0 Å². The normalized spacial score (nSPS) is 23.9. The van der Waals surface area contributed by atoms with Crippen molar-refractivity contribution in [3.63, 3.8) is 0 Å². The number of aromatic nitrogens is 3. The van der Waals surface area contributed by atoms with Gasteiger partial charge in [-0.05, 0) is 26.7 Å². The standard InChI is InChI=1S/C15H26N6O2/c1-11(2)17-13-18-12(16-5-7-22)19-14(20-13)21-6-3-15(9-21)4-8-23-10-15/h11,22H,3-10H2,1-2H3,(H2,16,17,18,19,20). The first-order valence-corrected chi connectivity index (χ1v) is 8.30. The van der Waals surface area contributed by atoms with Crippen molar-refractivity contribution < 1.29 is 9.84 Å². The SMILES string of the molecule is CC(C)Nc1nc(NCCO)nc(N2CCC3(CCOC3)C2)n1. The molecule has 128 valence electrons. The van der Waals surface area contributed by atoms with E-state index in [4.69, 9.17) is 9.84 Å². The van der Waals surface area contributed by atoms with Gasteiger partial charge in [0.25, 0.3) is 0 Å². The topological polar surface area (TPSA) is 95.4 Å². The van der Waals surface area contributed by atoms with Crippen molar-refractivity contribution in [2.24, 2.45) is 5.41 Å². The number of nitrogens with zero attached hydrogens (tertiary/aromatic N) is 4. The lowest BCUT2D eigenvalue weighted by molar-refractivity contribution is 0.160. The maximum absolute atomic E-state index is 8.99. The minimum absolute atomic E-state index is 0.0398.